The van der Waals surface area contributed by atoms with Crippen molar-refractivity contribution in [1.82, 2.24) is 9.97 Å². The number of benzene rings is 2. The highest BCUT2D eigenvalue weighted by Crippen LogP contribution is 2.38. The van der Waals surface area contributed by atoms with E-state index in [1.165, 1.54) is 7.11 Å². The van der Waals surface area contributed by atoms with Gasteiger partial charge in [0.15, 0.2) is 11.5 Å². The molecule has 30 heavy (non-hydrogen) atoms. The molecule has 2 aromatic heterocycles. The largest absolute Gasteiger partial charge is 0.505 e. The zero-order valence-electron chi connectivity index (χ0n) is 16.4. The van der Waals surface area contributed by atoms with Crippen molar-refractivity contribution in [2.24, 2.45) is 0 Å². The second-order valence-corrected chi connectivity index (χ2v) is 7.31. The Morgan fingerprint density at radius 1 is 1.07 bits per heavy atom. The third kappa shape index (κ3) is 3.69. The Kier molecular flexibility index (Phi) is 5.33. The minimum atomic E-state index is -0.513. The summed E-state index contributed by atoms with van der Waals surface area (Å²) in [5.74, 6) is 1.01. The average Bonchev–Trinajstić information content (AvgIpc) is 2.75. The molecule has 0 aliphatic heterocycles. The van der Waals surface area contributed by atoms with E-state index >= 15 is 0 Å². The van der Waals surface area contributed by atoms with Gasteiger partial charge in [0.25, 0.3) is 0 Å². The van der Waals surface area contributed by atoms with Crippen LogP contribution < -0.4 is 10.1 Å². The number of phenols is 2. The molecule has 2 heterocycles. The van der Waals surface area contributed by atoms with Crippen LogP contribution in [0.25, 0.3) is 10.9 Å². The average molecular weight is 422 g/mol. The summed E-state index contributed by atoms with van der Waals surface area (Å²) in [5.41, 5.74) is 2.68. The summed E-state index contributed by atoms with van der Waals surface area (Å²) >= 11 is 6.11. The van der Waals surface area contributed by atoms with Crippen LogP contribution in [0.4, 0.5) is 5.82 Å². The third-order valence-corrected chi connectivity index (χ3v) is 5.36. The zero-order chi connectivity index (χ0) is 21.3. The number of rotatable bonds is 5. The van der Waals surface area contributed by atoms with Gasteiger partial charge in [0.2, 0.25) is 0 Å². The fourth-order valence-corrected chi connectivity index (χ4v) is 3.47. The number of phenolic OH excluding ortho intramolecular Hbond substituents is 2. The van der Waals surface area contributed by atoms with E-state index in [0.717, 1.165) is 10.9 Å². The summed E-state index contributed by atoms with van der Waals surface area (Å²) in [7, 11) is 1.49. The van der Waals surface area contributed by atoms with Gasteiger partial charge in [-0.2, -0.15) is 0 Å². The molecule has 6 nitrogen and oxygen atoms in total. The van der Waals surface area contributed by atoms with Crippen LogP contribution in [0.15, 0.2) is 60.9 Å². The molecule has 0 saturated heterocycles. The SMILES string of the molecule is COc1ccc(C(Nc2cc(C)c(Cl)cn2)c2ccc3cccnc3c2O)cc1O. The number of nitrogens with one attached hydrogen (secondary N) is 1. The number of fused-ring (bicyclic) bond motifs is 1. The van der Waals surface area contributed by atoms with Gasteiger partial charge in [-0.3, -0.25) is 4.98 Å². The smallest absolute Gasteiger partial charge is 0.160 e. The number of halogens is 1. The molecule has 1 unspecified atom stereocenters. The molecule has 0 aliphatic rings. The molecule has 2 aromatic carbocycles. The van der Waals surface area contributed by atoms with Gasteiger partial charge in [-0.1, -0.05) is 35.9 Å². The number of aromatic nitrogens is 2. The quantitative estimate of drug-likeness (QED) is 0.410. The van der Waals surface area contributed by atoms with Crippen LogP contribution in [-0.4, -0.2) is 27.3 Å². The van der Waals surface area contributed by atoms with Crippen molar-refractivity contribution >= 4 is 28.3 Å². The van der Waals surface area contributed by atoms with Crippen LogP contribution in [0, 0.1) is 6.92 Å². The molecule has 4 aromatic rings. The lowest BCUT2D eigenvalue weighted by Crippen LogP contribution is -2.14. The molecule has 0 saturated carbocycles. The van der Waals surface area contributed by atoms with Crippen LogP contribution in [0.3, 0.4) is 0 Å². The van der Waals surface area contributed by atoms with E-state index in [4.69, 9.17) is 16.3 Å². The number of ether oxygens (including phenoxy) is 1. The summed E-state index contributed by atoms with van der Waals surface area (Å²) < 4.78 is 5.16. The first-order valence-electron chi connectivity index (χ1n) is 9.30. The first kappa shape index (κ1) is 19.8. The van der Waals surface area contributed by atoms with Crippen LogP contribution in [-0.2, 0) is 0 Å². The highest BCUT2D eigenvalue weighted by Gasteiger charge is 2.22. The van der Waals surface area contributed by atoms with Crippen molar-refractivity contribution in [3.8, 4) is 17.2 Å². The van der Waals surface area contributed by atoms with Crippen molar-refractivity contribution in [2.75, 3.05) is 12.4 Å². The van der Waals surface area contributed by atoms with E-state index in [0.29, 0.717) is 33.2 Å². The summed E-state index contributed by atoms with van der Waals surface area (Å²) in [5, 5.41) is 26.0. The maximum Gasteiger partial charge on any atom is 0.160 e. The number of anilines is 1. The normalized spacial score (nSPS) is 12.0. The molecule has 3 N–H and O–H groups in total. The minimum Gasteiger partial charge on any atom is -0.505 e. The van der Waals surface area contributed by atoms with Crippen molar-refractivity contribution in [1.29, 1.82) is 0 Å². The number of aryl methyl sites for hydroxylation is 1. The van der Waals surface area contributed by atoms with Gasteiger partial charge < -0.3 is 20.3 Å². The molecule has 0 spiro atoms. The summed E-state index contributed by atoms with van der Waals surface area (Å²) in [6.45, 7) is 1.89. The predicted octanol–water partition coefficient (Wildman–Crippen LogP) is 5.21. The number of hydrogen-bond acceptors (Lipinski definition) is 6. The number of nitrogens with zero attached hydrogens (tertiary/aromatic N) is 2. The number of aromatic hydroxyl groups is 2. The maximum absolute atomic E-state index is 11.0. The van der Waals surface area contributed by atoms with E-state index < -0.39 is 6.04 Å². The Balaban J connectivity index is 1.86. The lowest BCUT2D eigenvalue weighted by atomic mass is 9.95. The topological polar surface area (TPSA) is 87.5 Å². The van der Waals surface area contributed by atoms with Gasteiger partial charge >= 0.3 is 0 Å². The lowest BCUT2D eigenvalue weighted by molar-refractivity contribution is 0.373. The van der Waals surface area contributed by atoms with Gasteiger partial charge in [0.05, 0.1) is 18.2 Å². The summed E-state index contributed by atoms with van der Waals surface area (Å²) in [6, 6.07) is 13.8. The van der Waals surface area contributed by atoms with Gasteiger partial charge in [0.1, 0.15) is 17.1 Å². The Hall–Kier alpha value is -3.51. The maximum atomic E-state index is 11.0. The van der Waals surface area contributed by atoms with Gasteiger partial charge in [-0.25, -0.2) is 4.98 Å². The van der Waals surface area contributed by atoms with E-state index in [-0.39, 0.29) is 11.5 Å². The molecule has 0 aliphatic carbocycles. The van der Waals surface area contributed by atoms with E-state index in [9.17, 15) is 10.2 Å². The first-order chi connectivity index (χ1) is 14.5. The fourth-order valence-electron chi connectivity index (χ4n) is 3.37. The third-order valence-electron chi connectivity index (χ3n) is 4.97. The molecule has 0 amide bonds. The molecular weight excluding hydrogens is 402 g/mol. The van der Waals surface area contributed by atoms with Crippen molar-refractivity contribution < 1.29 is 14.9 Å². The molecule has 0 fully saturated rings. The summed E-state index contributed by atoms with van der Waals surface area (Å²) in [6.07, 6.45) is 3.21. The number of pyridine rings is 2. The molecule has 0 radical (unpaired) electrons. The highest BCUT2D eigenvalue weighted by atomic mass is 35.5. The molecule has 4 rings (SSSR count). The van der Waals surface area contributed by atoms with E-state index in [2.05, 4.69) is 15.3 Å². The van der Waals surface area contributed by atoms with Gasteiger partial charge in [0, 0.05) is 23.3 Å². The van der Waals surface area contributed by atoms with Crippen LogP contribution in [0.1, 0.15) is 22.7 Å². The van der Waals surface area contributed by atoms with Crippen molar-refractivity contribution in [2.45, 2.75) is 13.0 Å². The van der Waals surface area contributed by atoms with Gasteiger partial charge in [-0.15, -0.1) is 0 Å². The fraction of sp³-hybridized carbons (Fsp3) is 0.130. The zero-order valence-corrected chi connectivity index (χ0v) is 17.2. The Labute approximate surface area is 178 Å². The predicted molar refractivity (Wildman–Crippen MR) is 118 cm³/mol. The van der Waals surface area contributed by atoms with Crippen LogP contribution >= 0.6 is 11.6 Å². The van der Waals surface area contributed by atoms with Crippen molar-refractivity contribution in [3.63, 3.8) is 0 Å². The lowest BCUT2D eigenvalue weighted by Gasteiger charge is -2.23. The van der Waals surface area contributed by atoms with E-state index in [1.54, 1.807) is 24.5 Å². The second-order valence-electron chi connectivity index (χ2n) is 6.91. The van der Waals surface area contributed by atoms with E-state index in [1.807, 2.05) is 43.3 Å². The Morgan fingerprint density at radius 3 is 2.63 bits per heavy atom. The molecular formula is C23H20ClN3O3. The van der Waals surface area contributed by atoms with Crippen LogP contribution in [0.5, 0.6) is 17.2 Å². The van der Waals surface area contributed by atoms with Crippen molar-refractivity contribution in [3.05, 3.63) is 82.6 Å². The first-order valence-corrected chi connectivity index (χ1v) is 9.68. The summed E-state index contributed by atoms with van der Waals surface area (Å²) in [4.78, 5) is 8.67. The standard InChI is InChI=1S/C23H20ClN3O3/c1-13-10-20(26-12-17(13)24)27-21(15-6-8-19(30-2)18(28)11-15)16-7-5-14-4-3-9-25-22(14)23(16)29/h3-12,21,28-29H,1-2H3,(H,26,27). The minimum absolute atomic E-state index is 0.000417. The Morgan fingerprint density at radius 2 is 1.90 bits per heavy atom. The monoisotopic (exact) mass is 421 g/mol. The molecule has 0 bridgehead atoms. The molecule has 7 heteroatoms. The molecule has 1 atom stereocenters. The van der Waals surface area contributed by atoms with Gasteiger partial charge in [-0.05, 0) is 42.3 Å². The highest BCUT2D eigenvalue weighted by molar-refractivity contribution is 6.31. The molecule has 152 valence electrons. The number of hydrogen-bond donors (Lipinski definition) is 3. The number of methoxy groups -OCH3 is 1. The Bertz CT molecular complexity index is 1230. The second kappa shape index (κ2) is 8.08. The van der Waals surface area contributed by atoms with Crippen LogP contribution in [0.2, 0.25) is 5.02 Å².